The molecule has 1 rings (SSSR count). The maximum Gasteiger partial charge on any atom is 0.250 e. The molecule has 1 aromatic carbocycles. The van der Waals surface area contributed by atoms with Gasteiger partial charge in [0.2, 0.25) is 5.96 Å². The smallest absolute Gasteiger partial charge is 0.250 e. The molecule has 0 atom stereocenters. The monoisotopic (exact) mass is 249 g/mol. The van der Waals surface area contributed by atoms with Crippen molar-refractivity contribution in [3.8, 4) is 0 Å². The Hall–Kier alpha value is -2.28. The average molecular weight is 249 g/mol. The van der Waals surface area contributed by atoms with Crippen molar-refractivity contribution in [3.05, 3.63) is 29.8 Å². The lowest BCUT2D eigenvalue weighted by Gasteiger charge is -2.13. The van der Waals surface area contributed by atoms with E-state index in [0.29, 0.717) is 0 Å². The highest BCUT2D eigenvalue weighted by molar-refractivity contribution is 5.83. The normalized spacial score (nSPS) is 11.7. The van der Waals surface area contributed by atoms with Crippen LogP contribution in [0.3, 0.4) is 0 Å². The molecule has 0 unspecified atom stereocenters. The van der Waals surface area contributed by atoms with E-state index >= 15 is 0 Å². The standard InChI is InChI=1S/C11H19N7/c1-17(2)10-6-4-9(5-7-10)8-14-18(3)11(15-12)16-13/h4-8H,12-13H2,1-3H3,(H,15,16)/b14-8+. The minimum atomic E-state index is 0.274. The second-order valence-corrected chi connectivity index (χ2v) is 3.85. The van der Waals surface area contributed by atoms with Crippen molar-refractivity contribution >= 4 is 17.9 Å². The number of nitrogens with one attached hydrogen (secondary N) is 1. The van der Waals surface area contributed by atoms with Crippen molar-refractivity contribution < 1.29 is 0 Å². The van der Waals surface area contributed by atoms with Crippen molar-refractivity contribution in [2.45, 2.75) is 0 Å². The lowest BCUT2D eigenvalue weighted by atomic mass is 10.2. The van der Waals surface area contributed by atoms with Crippen molar-refractivity contribution in [2.24, 2.45) is 21.9 Å². The third-order valence-electron chi connectivity index (χ3n) is 2.35. The molecule has 0 aliphatic carbocycles. The van der Waals surface area contributed by atoms with Crippen molar-refractivity contribution in [2.75, 3.05) is 26.0 Å². The van der Waals surface area contributed by atoms with Gasteiger partial charge in [0.1, 0.15) is 0 Å². The molecule has 0 aliphatic rings. The van der Waals surface area contributed by atoms with Crippen molar-refractivity contribution in [1.29, 1.82) is 0 Å². The molecule has 0 radical (unpaired) electrons. The number of hydrogen-bond acceptors (Lipinski definition) is 5. The Morgan fingerprint density at radius 3 is 2.28 bits per heavy atom. The molecule has 7 heteroatoms. The van der Waals surface area contributed by atoms with E-state index < -0.39 is 0 Å². The highest BCUT2D eigenvalue weighted by Crippen LogP contribution is 2.10. The van der Waals surface area contributed by atoms with Crippen molar-refractivity contribution in [3.63, 3.8) is 0 Å². The summed E-state index contributed by atoms with van der Waals surface area (Å²) in [7, 11) is 5.68. The third-order valence-corrected chi connectivity index (χ3v) is 2.35. The van der Waals surface area contributed by atoms with Crippen LogP contribution in [0, 0.1) is 0 Å². The first-order valence-electron chi connectivity index (χ1n) is 5.38. The summed E-state index contributed by atoms with van der Waals surface area (Å²) in [6.45, 7) is 0. The summed E-state index contributed by atoms with van der Waals surface area (Å²) in [5.74, 6) is 10.6. The Bertz CT molecular complexity index is 422. The Morgan fingerprint density at radius 1 is 1.22 bits per heavy atom. The highest BCUT2D eigenvalue weighted by Gasteiger charge is 2.00. The van der Waals surface area contributed by atoms with Crippen LogP contribution in [0.5, 0.6) is 0 Å². The van der Waals surface area contributed by atoms with Crippen LogP contribution in [0.2, 0.25) is 0 Å². The van der Waals surface area contributed by atoms with E-state index in [0.717, 1.165) is 11.3 Å². The SMILES string of the molecule is CN(/N=C/c1ccc(N(C)C)cc1)/C(=N/N)NN. The molecule has 0 saturated heterocycles. The fourth-order valence-electron chi connectivity index (χ4n) is 1.28. The van der Waals surface area contributed by atoms with Crippen LogP contribution in [0.4, 0.5) is 5.69 Å². The molecular formula is C11H19N7. The molecule has 7 nitrogen and oxygen atoms in total. The first-order valence-corrected chi connectivity index (χ1v) is 5.38. The molecule has 5 N–H and O–H groups in total. The van der Waals surface area contributed by atoms with Crippen LogP contribution in [-0.2, 0) is 0 Å². The molecule has 0 amide bonds. The van der Waals surface area contributed by atoms with E-state index in [-0.39, 0.29) is 5.96 Å². The van der Waals surface area contributed by atoms with Gasteiger partial charge in [0.05, 0.1) is 6.21 Å². The zero-order valence-electron chi connectivity index (χ0n) is 10.8. The van der Waals surface area contributed by atoms with E-state index in [9.17, 15) is 0 Å². The first-order chi connectivity index (χ1) is 8.58. The maximum atomic E-state index is 5.22. The zero-order chi connectivity index (χ0) is 13.5. The number of nitrogens with zero attached hydrogens (tertiary/aromatic N) is 4. The Labute approximate surface area is 107 Å². The summed E-state index contributed by atoms with van der Waals surface area (Å²) in [5.41, 5.74) is 4.45. The van der Waals surface area contributed by atoms with E-state index in [1.807, 2.05) is 43.3 Å². The van der Waals surface area contributed by atoms with Gasteiger partial charge in [-0.2, -0.15) is 5.10 Å². The second kappa shape index (κ2) is 6.45. The Balaban J connectivity index is 2.73. The number of hydrazone groups is 2. The zero-order valence-corrected chi connectivity index (χ0v) is 10.8. The molecule has 0 aliphatic heterocycles. The number of anilines is 1. The molecule has 18 heavy (non-hydrogen) atoms. The number of guanidine groups is 1. The van der Waals surface area contributed by atoms with Crippen LogP contribution in [-0.4, -0.2) is 38.3 Å². The maximum absolute atomic E-state index is 5.22. The summed E-state index contributed by atoms with van der Waals surface area (Å²) in [6, 6.07) is 7.98. The lowest BCUT2D eigenvalue weighted by molar-refractivity contribution is 0.519. The highest BCUT2D eigenvalue weighted by atomic mass is 15.6. The summed E-state index contributed by atoms with van der Waals surface area (Å²) < 4.78 is 0. The fraction of sp³-hybridized carbons (Fsp3) is 0.273. The molecular weight excluding hydrogens is 230 g/mol. The number of hydrazine groups is 1. The quantitative estimate of drug-likeness (QED) is 0.296. The second-order valence-electron chi connectivity index (χ2n) is 3.85. The number of rotatable bonds is 3. The van der Waals surface area contributed by atoms with Crippen LogP contribution in [0.1, 0.15) is 5.56 Å². The van der Waals surface area contributed by atoms with Crippen LogP contribution in [0.15, 0.2) is 34.5 Å². The van der Waals surface area contributed by atoms with Gasteiger partial charge in [-0.1, -0.05) is 12.1 Å². The third kappa shape index (κ3) is 3.63. The number of hydrogen-bond donors (Lipinski definition) is 3. The van der Waals surface area contributed by atoms with Gasteiger partial charge in [-0.15, -0.1) is 5.10 Å². The van der Waals surface area contributed by atoms with Gasteiger partial charge >= 0.3 is 0 Å². The molecule has 0 saturated carbocycles. The molecule has 1 aromatic rings. The van der Waals surface area contributed by atoms with E-state index in [2.05, 4.69) is 15.6 Å². The summed E-state index contributed by atoms with van der Waals surface area (Å²) >= 11 is 0. The Kier molecular flexibility index (Phi) is 4.94. The molecule has 0 heterocycles. The average Bonchev–Trinajstić information content (AvgIpc) is 2.38. The van der Waals surface area contributed by atoms with Gasteiger partial charge in [-0.3, -0.25) is 5.43 Å². The van der Waals surface area contributed by atoms with E-state index in [1.165, 1.54) is 5.01 Å². The van der Waals surface area contributed by atoms with Crippen molar-refractivity contribution in [1.82, 2.24) is 10.4 Å². The molecule has 0 aromatic heterocycles. The predicted octanol–water partition coefficient (Wildman–Crippen LogP) is -0.289. The van der Waals surface area contributed by atoms with Gasteiger partial charge in [-0.25, -0.2) is 10.9 Å². The van der Waals surface area contributed by atoms with Crippen LogP contribution < -0.4 is 22.0 Å². The summed E-state index contributed by atoms with van der Waals surface area (Å²) in [5, 5.41) is 9.04. The van der Waals surface area contributed by atoms with Gasteiger partial charge in [-0.05, 0) is 17.7 Å². The predicted molar refractivity (Wildman–Crippen MR) is 75.1 cm³/mol. The number of benzene rings is 1. The van der Waals surface area contributed by atoms with Gasteiger partial charge in [0.15, 0.2) is 0 Å². The molecule has 98 valence electrons. The fourth-order valence-corrected chi connectivity index (χ4v) is 1.28. The molecule has 0 fully saturated rings. The number of nitrogens with two attached hydrogens (primary N) is 2. The van der Waals surface area contributed by atoms with E-state index in [4.69, 9.17) is 11.7 Å². The van der Waals surface area contributed by atoms with Gasteiger partial charge in [0, 0.05) is 26.8 Å². The first kappa shape index (κ1) is 13.8. The largest absolute Gasteiger partial charge is 0.378 e. The molecule has 0 spiro atoms. The van der Waals surface area contributed by atoms with E-state index in [1.54, 1.807) is 13.3 Å². The summed E-state index contributed by atoms with van der Waals surface area (Å²) in [4.78, 5) is 2.03. The molecule has 0 bridgehead atoms. The Morgan fingerprint density at radius 2 is 1.83 bits per heavy atom. The van der Waals surface area contributed by atoms with Gasteiger partial charge < -0.3 is 10.7 Å². The summed E-state index contributed by atoms with van der Waals surface area (Å²) in [6.07, 6.45) is 1.70. The lowest BCUT2D eigenvalue weighted by Crippen LogP contribution is -2.41. The minimum absolute atomic E-state index is 0.274. The minimum Gasteiger partial charge on any atom is -0.378 e. The van der Waals surface area contributed by atoms with Crippen LogP contribution in [0.25, 0.3) is 0 Å². The van der Waals surface area contributed by atoms with Gasteiger partial charge in [0.25, 0.3) is 0 Å². The van der Waals surface area contributed by atoms with Crippen LogP contribution >= 0.6 is 0 Å². The topological polar surface area (TPSA) is 95.3 Å².